The number of nitriles is 1. The van der Waals surface area contributed by atoms with Crippen molar-refractivity contribution >= 4 is 22.3 Å². The van der Waals surface area contributed by atoms with Crippen molar-refractivity contribution in [3.8, 4) is 28.7 Å². The molecule has 0 fully saturated rings. The first-order valence-electron chi connectivity index (χ1n) is 7.87. The first kappa shape index (κ1) is 16.9. The zero-order valence-corrected chi connectivity index (χ0v) is 15.1. The van der Waals surface area contributed by atoms with Crippen molar-refractivity contribution in [2.45, 2.75) is 27.2 Å². The lowest BCUT2D eigenvalue weighted by atomic mass is 10.0. The minimum absolute atomic E-state index is 0.161. The van der Waals surface area contributed by atoms with Crippen LogP contribution < -0.4 is 11.5 Å². The van der Waals surface area contributed by atoms with Crippen LogP contribution in [0.25, 0.3) is 22.6 Å². The van der Waals surface area contributed by atoms with Gasteiger partial charge in [0, 0.05) is 16.1 Å². The minimum Gasteiger partial charge on any atom is -0.383 e. The van der Waals surface area contributed by atoms with Gasteiger partial charge in [0.25, 0.3) is 0 Å². The number of thiazole rings is 1. The Morgan fingerprint density at radius 3 is 2.60 bits per heavy atom. The maximum atomic E-state index is 9.49. The van der Waals surface area contributed by atoms with Crippen molar-refractivity contribution in [2.24, 2.45) is 5.92 Å². The maximum absolute atomic E-state index is 9.49. The van der Waals surface area contributed by atoms with Gasteiger partial charge in [0.2, 0.25) is 0 Å². The van der Waals surface area contributed by atoms with Gasteiger partial charge in [-0.15, -0.1) is 11.3 Å². The summed E-state index contributed by atoms with van der Waals surface area (Å²) >= 11 is 1.39. The van der Waals surface area contributed by atoms with Crippen molar-refractivity contribution in [3.05, 3.63) is 28.3 Å². The standard InChI is InChI=1S/C17H19N7S/c1-8(2)4-10-5-13(24-23-10)11-6-14(21-16(19)12(11)7-18)15-9(3)25-17(20)22-15/h5-6,8H,4H2,1-3H3,(H2,19,21)(H2,20,22)(H,23,24). The molecule has 0 atom stereocenters. The van der Waals surface area contributed by atoms with Crippen LogP contribution in [0.2, 0.25) is 0 Å². The molecule has 8 heteroatoms. The van der Waals surface area contributed by atoms with Crippen LogP contribution in [-0.2, 0) is 6.42 Å². The van der Waals surface area contributed by atoms with Crippen LogP contribution in [0.4, 0.5) is 10.9 Å². The summed E-state index contributed by atoms with van der Waals surface area (Å²) in [7, 11) is 0. The van der Waals surface area contributed by atoms with E-state index in [2.05, 4.69) is 40.1 Å². The van der Waals surface area contributed by atoms with Gasteiger partial charge in [-0.1, -0.05) is 13.8 Å². The summed E-state index contributed by atoms with van der Waals surface area (Å²) in [5.41, 5.74) is 15.7. The Labute approximate surface area is 149 Å². The lowest BCUT2D eigenvalue weighted by molar-refractivity contribution is 0.633. The second-order valence-electron chi connectivity index (χ2n) is 6.26. The summed E-state index contributed by atoms with van der Waals surface area (Å²) < 4.78 is 0. The Morgan fingerprint density at radius 2 is 2.00 bits per heavy atom. The van der Waals surface area contributed by atoms with Crippen LogP contribution in [0, 0.1) is 24.2 Å². The molecule has 0 saturated carbocycles. The predicted molar refractivity (Wildman–Crippen MR) is 99.7 cm³/mol. The number of hydrogen-bond donors (Lipinski definition) is 3. The number of H-pyrrole nitrogens is 1. The first-order chi connectivity index (χ1) is 11.9. The Kier molecular flexibility index (Phi) is 4.42. The monoisotopic (exact) mass is 353 g/mol. The van der Waals surface area contributed by atoms with Gasteiger partial charge in [0.15, 0.2) is 5.13 Å². The van der Waals surface area contributed by atoms with Crippen molar-refractivity contribution < 1.29 is 0 Å². The quantitative estimate of drug-likeness (QED) is 0.660. The minimum atomic E-state index is 0.161. The number of aromatic amines is 1. The molecule has 25 heavy (non-hydrogen) atoms. The average Bonchev–Trinajstić information content (AvgIpc) is 3.12. The summed E-state index contributed by atoms with van der Waals surface area (Å²) in [6.45, 7) is 6.20. The largest absolute Gasteiger partial charge is 0.383 e. The number of anilines is 2. The molecule has 0 unspecified atom stereocenters. The molecule has 0 radical (unpaired) electrons. The van der Waals surface area contributed by atoms with Gasteiger partial charge < -0.3 is 11.5 Å². The number of nitrogens with zero attached hydrogens (tertiary/aromatic N) is 4. The van der Waals surface area contributed by atoms with Gasteiger partial charge >= 0.3 is 0 Å². The third-order valence-corrected chi connectivity index (χ3v) is 4.55. The Hall–Kier alpha value is -2.92. The molecular weight excluding hydrogens is 334 g/mol. The van der Waals surface area contributed by atoms with Crippen LogP contribution in [-0.4, -0.2) is 20.2 Å². The molecule has 3 aromatic heterocycles. The van der Waals surface area contributed by atoms with Crippen molar-refractivity contribution in [1.29, 1.82) is 5.26 Å². The molecule has 0 aliphatic carbocycles. The SMILES string of the molecule is Cc1sc(N)nc1-c1cc(-c2cc(CC(C)C)[nH]n2)c(C#N)c(N)n1. The summed E-state index contributed by atoms with van der Waals surface area (Å²) in [4.78, 5) is 9.61. The second kappa shape index (κ2) is 6.53. The smallest absolute Gasteiger partial charge is 0.180 e. The molecule has 128 valence electrons. The normalized spacial score (nSPS) is 11.0. The lowest BCUT2D eigenvalue weighted by Crippen LogP contribution is -2.00. The molecule has 0 spiro atoms. The van der Waals surface area contributed by atoms with E-state index in [4.69, 9.17) is 11.5 Å². The topological polar surface area (TPSA) is 130 Å². The summed E-state index contributed by atoms with van der Waals surface area (Å²) in [5, 5.41) is 17.3. The number of nitrogens with one attached hydrogen (secondary N) is 1. The molecule has 0 amide bonds. The van der Waals surface area contributed by atoms with E-state index in [1.54, 1.807) is 6.07 Å². The van der Waals surface area contributed by atoms with Crippen molar-refractivity contribution in [2.75, 3.05) is 11.5 Å². The molecule has 3 heterocycles. The molecule has 0 aliphatic heterocycles. The Balaban J connectivity index is 2.13. The first-order valence-corrected chi connectivity index (χ1v) is 8.69. The fraction of sp³-hybridized carbons (Fsp3) is 0.294. The van der Waals surface area contributed by atoms with Crippen LogP contribution >= 0.6 is 11.3 Å². The molecule has 5 N–H and O–H groups in total. The zero-order chi connectivity index (χ0) is 18.1. The maximum Gasteiger partial charge on any atom is 0.180 e. The van der Waals surface area contributed by atoms with Gasteiger partial charge in [-0.3, -0.25) is 5.10 Å². The molecule has 0 aromatic carbocycles. The van der Waals surface area contributed by atoms with Crippen LogP contribution in [0.3, 0.4) is 0 Å². The summed E-state index contributed by atoms with van der Waals surface area (Å²) in [6.07, 6.45) is 0.879. The van der Waals surface area contributed by atoms with Crippen LogP contribution in [0.5, 0.6) is 0 Å². The fourth-order valence-electron chi connectivity index (χ4n) is 2.70. The summed E-state index contributed by atoms with van der Waals surface area (Å²) in [5.74, 6) is 0.664. The number of nitrogen functional groups attached to an aromatic ring is 2. The van der Waals surface area contributed by atoms with Crippen molar-refractivity contribution in [3.63, 3.8) is 0 Å². The average molecular weight is 353 g/mol. The fourth-order valence-corrected chi connectivity index (χ4v) is 3.40. The van der Waals surface area contributed by atoms with Gasteiger partial charge in [-0.25, -0.2) is 9.97 Å². The third kappa shape index (κ3) is 3.32. The van der Waals surface area contributed by atoms with E-state index in [9.17, 15) is 5.26 Å². The van der Waals surface area contributed by atoms with E-state index in [0.29, 0.717) is 39.3 Å². The summed E-state index contributed by atoms with van der Waals surface area (Å²) in [6, 6.07) is 5.87. The highest BCUT2D eigenvalue weighted by atomic mass is 32.1. The van der Waals surface area contributed by atoms with E-state index in [0.717, 1.165) is 17.0 Å². The molecule has 0 bridgehead atoms. The highest BCUT2D eigenvalue weighted by Gasteiger charge is 2.18. The Bertz CT molecular complexity index is 962. The van der Waals surface area contributed by atoms with Gasteiger partial charge in [-0.05, 0) is 31.4 Å². The molecular formula is C17H19N7S. The number of rotatable bonds is 4. The zero-order valence-electron chi connectivity index (χ0n) is 14.3. The highest BCUT2D eigenvalue weighted by molar-refractivity contribution is 7.15. The van der Waals surface area contributed by atoms with E-state index < -0.39 is 0 Å². The number of aryl methyl sites for hydroxylation is 1. The number of hydrogen-bond acceptors (Lipinski definition) is 7. The van der Waals surface area contributed by atoms with Gasteiger partial charge in [-0.2, -0.15) is 10.4 Å². The van der Waals surface area contributed by atoms with E-state index in [1.165, 1.54) is 11.3 Å². The highest BCUT2D eigenvalue weighted by Crippen LogP contribution is 2.33. The van der Waals surface area contributed by atoms with E-state index in [1.807, 2.05) is 13.0 Å². The molecule has 0 saturated heterocycles. The van der Waals surface area contributed by atoms with Crippen LogP contribution in [0.1, 0.15) is 30.0 Å². The third-order valence-electron chi connectivity index (χ3n) is 3.75. The van der Waals surface area contributed by atoms with Gasteiger partial charge in [0.05, 0.1) is 11.4 Å². The number of pyridine rings is 1. The predicted octanol–water partition coefficient (Wildman–Crippen LogP) is 3.14. The van der Waals surface area contributed by atoms with Crippen LogP contribution in [0.15, 0.2) is 12.1 Å². The number of aromatic nitrogens is 4. The lowest BCUT2D eigenvalue weighted by Gasteiger charge is -2.07. The second-order valence-corrected chi connectivity index (χ2v) is 7.50. The van der Waals surface area contributed by atoms with Crippen molar-refractivity contribution in [1.82, 2.24) is 20.2 Å². The Morgan fingerprint density at radius 1 is 1.24 bits per heavy atom. The van der Waals surface area contributed by atoms with Gasteiger partial charge in [0.1, 0.15) is 23.1 Å². The molecule has 3 aromatic rings. The molecule has 3 rings (SSSR count). The molecule has 0 aliphatic rings. The molecule has 7 nitrogen and oxygen atoms in total. The van der Waals surface area contributed by atoms with E-state index >= 15 is 0 Å². The van der Waals surface area contributed by atoms with E-state index in [-0.39, 0.29) is 5.82 Å². The number of nitrogens with two attached hydrogens (primary N) is 2.